The van der Waals surface area contributed by atoms with Crippen molar-refractivity contribution in [3.8, 4) is 0 Å². The Morgan fingerprint density at radius 2 is 2.04 bits per heavy atom. The number of anilines is 1. The summed E-state index contributed by atoms with van der Waals surface area (Å²) in [4.78, 5) is 12.0. The van der Waals surface area contributed by atoms with Crippen LogP contribution in [0.25, 0.3) is 0 Å². The van der Waals surface area contributed by atoms with Crippen LogP contribution in [-0.2, 0) is 12.1 Å². The number of rotatable bonds is 6. The maximum Gasteiger partial charge on any atom is 0.319 e. The van der Waals surface area contributed by atoms with E-state index in [0.29, 0.717) is 11.6 Å². The van der Waals surface area contributed by atoms with Gasteiger partial charge in [0, 0.05) is 12.7 Å². The van der Waals surface area contributed by atoms with E-state index >= 15 is 0 Å². The lowest BCUT2D eigenvalue weighted by Crippen LogP contribution is -2.40. The SMILES string of the molecule is CC(C)Cn1cc(NC(=O)NCC(C)(O)c2ccccc2)cn1. The first kappa shape index (κ1) is 17.0. The summed E-state index contributed by atoms with van der Waals surface area (Å²) >= 11 is 0. The van der Waals surface area contributed by atoms with Gasteiger partial charge in [0.25, 0.3) is 0 Å². The molecule has 0 radical (unpaired) electrons. The third-order valence-corrected chi connectivity index (χ3v) is 3.43. The fraction of sp³-hybridized carbons (Fsp3) is 0.412. The molecule has 1 aromatic heterocycles. The van der Waals surface area contributed by atoms with Crippen molar-refractivity contribution < 1.29 is 9.90 Å². The number of benzene rings is 1. The van der Waals surface area contributed by atoms with Gasteiger partial charge in [-0.2, -0.15) is 5.10 Å². The fourth-order valence-corrected chi connectivity index (χ4v) is 2.23. The molecule has 1 aromatic carbocycles. The second-order valence-corrected chi connectivity index (χ2v) is 6.29. The lowest BCUT2D eigenvalue weighted by Gasteiger charge is -2.24. The van der Waals surface area contributed by atoms with Gasteiger partial charge in [0.05, 0.1) is 18.4 Å². The summed E-state index contributed by atoms with van der Waals surface area (Å²) < 4.78 is 1.79. The van der Waals surface area contributed by atoms with Crippen LogP contribution in [0.1, 0.15) is 26.3 Å². The molecular formula is C17H24N4O2. The average molecular weight is 316 g/mol. The number of hydrogen-bond donors (Lipinski definition) is 3. The standard InChI is InChI=1S/C17H24N4O2/c1-13(2)10-21-11-15(9-19-21)20-16(22)18-12-17(3,23)14-7-5-4-6-8-14/h4-9,11,13,23H,10,12H2,1-3H3,(H2,18,20,22). The van der Waals surface area contributed by atoms with Crippen molar-refractivity contribution in [1.29, 1.82) is 0 Å². The molecule has 0 saturated heterocycles. The summed E-state index contributed by atoms with van der Waals surface area (Å²) in [6, 6.07) is 8.88. The van der Waals surface area contributed by atoms with Gasteiger partial charge < -0.3 is 15.7 Å². The summed E-state index contributed by atoms with van der Waals surface area (Å²) in [6.07, 6.45) is 3.40. The first-order chi connectivity index (χ1) is 10.9. The number of aliphatic hydroxyl groups is 1. The van der Waals surface area contributed by atoms with Gasteiger partial charge in [-0.1, -0.05) is 44.2 Å². The Hall–Kier alpha value is -2.34. The van der Waals surface area contributed by atoms with E-state index in [1.165, 1.54) is 0 Å². The van der Waals surface area contributed by atoms with Crippen LogP contribution in [-0.4, -0.2) is 27.5 Å². The molecule has 2 aromatic rings. The van der Waals surface area contributed by atoms with Crippen molar-refractivity contribution in [2.24, 2.45) is 5.92 Å². The second kappa shape index (κ2) is 7.28. The van der Waals surface area contributed by atoms with Crippen molar-refractivity contribution in [1.82, 2.24) is 15.1 Å². The molecule has 0 spiro atoms. The molecule has 0 fully saturated rings. The Morgan fingerprint density at radius 3 is 2.70 bits per heavy atom. The fourth-order valence-electron chi connectivity index (χ4n) is 2.23. The number of aromatic nitrogens is 2. The zero-order valence-corrected chi connectivity index (χ0v) is 13.8. The summed E-state index contributed by atoms with van der Waals surface area (Å²) in [5.41, 5.74) is 0.257. The van der Waals surface area contributed by atoms with Crippen molar-refractivity contribution in [2.75, 3.05) is 11.9 Å². The molecule has 2 rings (SSSR count). The van der Waals surface area contributed by atoms with E-state index in [-0.39, 0.29) is 12.6 Å². The Balaban J connectivity index is 1.86. The highest BCUT2D eigenvalue weighted by molar-refractivity contribution is 5.88. The quantitative estimate of drug-likeness (QED) is 0.766. The molecule has 124 valence electrons. The summed E-state index contributed by atoms with van der Waals surface area (Å²) in [5.74, 6) is 0.484. The molecule has 23 heavy (non-hydrogen) atoms. The van der Waals surface area contributed by atoms with Gasteiger partial charge in [0.1, 0.15) is 5.60 Å². The molecule has 0 aliphatic rings. The van der Waals surface area contributed by atoms with Crippen LogP contribution in [0.2, 0.25) is 0 Å². The van der Waals surface area contributed by atoms with E-state index in [1.54, 1.807) is 24.0 Å². The number of nitrogens with one attached hydrogen (secondary N) is 2. The first-order valence-electron chi connectivity index (χ1n) is 7.72. The van der Waals surface area contributed by atoms with Gasteiger partial charge in [-0.3, -0.25) is 4.68 Å². The third kappa shape index (κ3) is 5.10. The van der Waals surface area contributed by atoms with E-state index in [4.69, 9.17) is 0 Å². The molecular weight excluding hydrogens is 292 g/mol. The minimum Gasteiger partial charge on any atom is -0.384 e. The van der Waals surface area contributed by atoms with Crippen molar-refractivity contribution >= 4 is 11.7 Å². The normalized spacial score (nSPS) is 13.6. The smallest absolute Gasteiger partial charge is 0.319 e. The topological polar surface area (TPSA) is 79.2 Å². The van der Waals surface area contributed by atoms with E-state index in [9.17, 15) is 9.90 Å². The van der Waals surface area contributed by atoms with E-state index < -0.39 is 5.60 Å². The Morgan fingerprint density at radius 1 is 1.35 bits per heavy atom. The number of carbonyl (C=O) groups is 1. The molecule has 6 heteroatoms. The lowest BCUT2D eigenvalue weighted by atomic mass is 9.96. The number of urea groups is 1. The molecule has 6 nitrogen and oxygen atoms in total. The lowest BCUT2D eigenvalue weighted by molar-refractivity contribution is 0.0599. The van der Waals surface area contributed by atoms with Crippen molar-refractivity contribution in [2.45, 2.75) is 32.9 Å². The van der Waals surface area contributed by atoms with E-state index in [2.05, 4.69) is 29.6 Å². The van der Waals surface area contributed by atoms with Gasteiger partial charge in [0.2, 0.25) is 0 Å². The largest absolute Gasteiger partial charge is 0.384 e. The molecule has 1 unspecified atom stereocenters. The highest BCUT2D eigenvalue weighted by Crippen LogP contribution is 2.19. The van der Waals surface area contributed by atoms with Crippen LogP contribution in [0.4, 0.5) is 10.5 Å². The van der Waals surface area contributed by atoms with Gasteiger partial charge in [-0.15, -0.1) is 0 Å². The van der Waals surface area contributed by atoms with Crippen molar-refractivity contribution in [3.05, 3.63) is 48.3 Å². The van der Waals surface area contributed by atoms with Crippen LogP contribution in [0.5, 0.6) is 0 Å². The Labute approximate surface area is 136 Å². The van der Waals surface area contributed by atoms with Gasteiger partial charge >= 0.3 is 6.03 Å². The van der Waals surface area contributed by atoms with Crippen LogP contribution in [0, 0.1) is 5.92 Å². The number of amides is 2. The third-order valence-electron chi connectivity index (χ3n) is 3.43. The van der Waals surface area contributed by atoms with Gasteiger partial charge in [-0.05, 0) is 18.4 Å². The molecule has 1 heterocycles. The van der Waals surface area contributed by atoms with E-state index in [1.807, 2.05) is 30.3 Å². The van der Waals surface area contributed by atoms with E-state index in [0.717, 1.165) is 12.1 Å². The molecule has 1 atom stereocenters. The minimum atomic E-state index is -1.12. The molecule has 3 N–H and O–H groups in total. The summed E-state index contributed by atoms with van der Waals surface area (Å²) in [5, 5.41) is 20.0. The second-order valence-electron chi connectivity index (χ2n) is 6.29. The van der Waals surface area contributed by atoms with Crippen molar-refractivity contribution in [3.63, 3.8) is 0 Å². The van der Waals surface area contributed by atoms with Crippen LogP contribution in [0.3, 0.4) is 0 Å². The predicted octanol–water partition coefficient (Wildman–Crippen LogP) is 2.57. The maximum absolute atomic E-state index is 12.0. The minimum absolute atomic E-state index is 0.114. The zero-order valence-electron chi connectivity index (χ0n) is 13.8. The first-order valence-corrected chi connectivity index (χ1v) is 7.72. The number of carbonyl (C=O) groups excluding carboxylic acids is 1. The molecule has 0 aliphatic carbocycles. The molecule has 0 aliphatic heterocycles. The summed E-state index contributed by atoms with van der Waals surface area (Å²) in [6.45, 7) is 6.79. The zero-order chi connectivity index (χ0) is 16.9. The molecule has 0 saturated carbocycles. The number of hydrogen-bond acceptors (Lipinski definition) is 3. The predicted molar refractivity (Wildman–Crippen MR) is 90.1 cm³/mol. The number of nitrogens with zero attached hydrogens (tertiary/aromatic N) is 2. The molecule has 0 bridgehead atoms. The monoisotopic (exact) mass is 316 g/mol. The van der Waals surface area contributed by atoms with Crippen LogP contribution < -0.4 is 10.6 Å². The maximum atomic E-state index is 12.0. The Kier molecular flexibility index (Phi) is 5.39. The molecule has 2 amide bonds. The average Bonchev–Trinajstić information content (AvgIpc) is 2.92. The Bertz CT molecular complexity index is 635. The van der Waals surface area contributed by atoms with Gasteiger partial charge in [-0.25, -0.2) is 4.79 Å². The summed E-state index contributed by atoms with van der Waals surface area (Å²) in [7, 11) is 0. The highest BCUT2D eigenvalue weighted by atomic mass is 16.3. The van der Waals surface area contributed by atoms with Crippen LogP contribution in [0.15, 0.2) is 42.7 Å². The van der Waals surface area contributed by atoms with Crippen LogP contribution >= 0.6 is 0 Å². The highest BCUT2D eigenvalue weighted by Gasteiger charge is 2.23. The van der Waals surface area contributed by atoms with Gasteiger partial charge in [0.15, 0.2) is 0 Å².